The number of phenols is 1. The van der Waals surface area contributed by atoms with E-state index in [1.54, 1.807) is 12.1 Å². The van der Waals surface area contributed by atoms with Gasteiger partial charge in [0.05, 0.1) is 12.2 Å². The zero-order valence-corrected chi connectivity index (χ0v) is 22.3. The van der Waals surface area contributed by atoms with Crippen molar-refractivity contribution in [3.8, 4) is 5.75 Å². The van der Waals surface area contributed by atoms with E-state index >= 15 is 0 Å². The number of benzene rings is 2. The first-order valence-corrected chi connectivity index (χ1v) is 12.0. The zero-order valence-electron chi connectivity index (χ0n) is 22.3. The van der Waals surface area contributed by atoms with Gasteiger partial charge in [-0.25, -0.2) is 0 Å². The normalized spacial score (nSPS) is 18.0. The molecular weight excluding hydrogens is 496 g/mol. The maximum atomic E-state index is 11.5. The summed E-state index contributed by atoms with van der Waals surface area (Å²) in [6.45, 7) is 7.12. The van der Waals surface area contributed by atoms with E-state index in [1.165, 1.54) is 13.8 Å². The van der Waals surface area contributed by atoms with Crippen molar-refractivity contribution in [3.63, 3.8) is 0 Å². The number of carboxylic acid groups (broad SMARTS) is 2. The minimum Gasteiger partial charge on any atom is -0.508 e. The number of aromatic hydroxyl groups is 1. The van der Waals surface area contributed by atoms with E-state index in [0.717, 1.165) is 42.5 Å². The molecule has 1 aliphatic rings. The molecule has 0 saturated carbocycles. The quantitative estimate of drug-likeness (QED) is 0.461. The second kappa shape index (κ2) is 16.0. The fourth-order valence-corrected chi connectivity index (χ4v) is 3.75. The summed E-state index contributed by atoms with van der Waals surface area (Å²) in [6.07, 6.45) is 0.898. The Bertz CT molecular complexity index is 1060. The third-order valence-electron chi connectivity index (χ3n) is 5.24. The summed E-state index contributed by atoms with van der Waals surface area (Å²) in [5.41, 5.74) is 4.42. The maximum absolute atomic E-state index is 11.5. The molecule has 3 N–H and O–H groups in total. The number of hydrogen-bond donors (Lipinski definition) is 3. The van der Waals surface area contributed by atoms with Crippen LogP contribution in [0.5, 0.6) is 5.75 Å². The van der Waals surface area contributed by atoms with Crippen LogP contribution in [0.2, 0.25) is 0 Å². The molecule has 3 atom stereocenters. The Morgan fingerprint density at radius 3 is 2.00 bits per heavy atom. The van der Waals surface area contributed by atoms with Gasteiger partial charge < -0.3 is 29.5 Å². The Morgan fingerprint density at radius 1 is 0.895 bits per heavy atom. The van der Waals surface area contributed by atoms with Gasteiger partial charge in [-0.15, -0.1) is 0 Å². The monoisotopic (exact) mass is 532 g/mol. The molecule has 38 heavy (non-hydrogen) atoms. The first-order valence-electron chi connectivity index (χ1n) is 12.0. The molecule has 0 spiro atoms. The van der Waals surface area contributed by atoms with Crippen LogP contribution in [-0.4, -0.2) is 58.0 Å². The largest absolute Gasteiger partial charge is 0.508 e. The Balaban J connectivity index is 0.000000794. The third-order valence-corrected chi connectivity index (χ3v) is 5.24. The highest BCUT2D eigenvalue weighted by molar-refractivity contribution is 5.66. The van der Waals surface area contributed by atoms with Crippen molar-refractivity contribution in [2.24, 2.45) is 0 Å². The lowest BCUT2D eigenvalue weighted by molar-refractivity contribution is -0.169. The minimum atomic E-state index is -0.833. The van der Waals surface area contributed by atoms with Crippen LogP contribution in [0.15, 0.2) is 42.5 Å². The van der Waals surface area contributed by atoms with Crippen molar-refractivity contribution in [1.82, 2.24) is 0 Å². The van der Waals surface area contributed by atoms with Crippen LogP contribution in [-0.2, 0) is 39.8 Å². The van der Waals surface area contributed by atoms with Gasteiger partial charge in [0.2, 0.25) is 0 Å². The molecule has 0 aliphatic carbocycles. The van der Waals surface area contributed by atoms with Gasteiger partial charge in [0.25, 0.3) is 11.9 Å². The predicted molar refractivity (Wildman–Crippen MR) is 138 cm³/mol. The van der Waals surface area contributed by atoms with E-state index in [2.05, 4.69) is 19.1 Å². The van der Waals surface area contributed by atoms with Crippen molar-refractivity contribution < 1.29 is 48.7 Å². The van der Waals surface area contributed by atoms with E-state index in [9.17, 15) is 14.7 Å². The Morgan fingerprint density at radius 2 is 1.47 bits per heavy atom. The van der Waals surface area contributed by atoms with Gasteiger partial charge in [0.15, 0.2) is 0 Å². The Hall–Kier alpha value is -3.92. The smallest absolute Gasteiger partial charge is 0.302 e. The zero-order chi connectivity index (χ0) is 28.8. The maximum Gasteiger partial charge on any atom is 0.302 e. The summed E-state index contributed by atoms with van der Waals surface area (Å²) in [5, 5.41) is 24.3. The van der Waals surface area contributed by atoms with E-state index in [-0.39, 0.29) is 42.6 Å². The Kier molecular flexibility index (Phi) is 13.5. The van der Waals surface area contributed by atoms with Crippen LogP contribution in [0, 0.1) is 6.92 Å². The van der Waals surface area contributed by atoms with Crippen molar-refractivity contribution in [2.45, 2.75) is 72.2 Å². The number of carbonyl (C=O) groups is 4. The van der Waals surface area contributed by atoms with Gasteiger partial charge in [-0.2, -0.15) is 0 Å². The van der Waals surface area contributed by atoms with Gasteiger partial charge in [0.1, 0.15) is 18.5 Å². The number of carbonyl (C=O) groups excluding carboxylic acids is 2. The highest BCUT2D eigenvalue weighted by Crippen LogP contribution is 2.34. The molecule has 10 heteroatoms. The van der Waals surface area contributed by atoms with Crippen LogP contribution >= 0.6 is 0 Å². The number of phenolic OH excluding ortho intramolecular Hbond substituents is 1. The minimum absolute atomic E-state index is 0.135. The standard InChI is InChI=1S/C24H28O6.2C2H4O2/c1-15-4-7-19(11-20(15)10-18-5-8-21(27)9-6-18)24-13-22(29-17(3)26)12-23(30-24)14-28-16(2)25;2*1-2(3)4/h4-9,11,22-24,27H,10,12-14H2,1-3H3;2*1H3,(H,3,4)/t22-,23-,24+;;/m0../s1. The number of hydrogen-bond acceptors (Lipinski definition) is 8. The lowest BCUT2D eigenvalue weighted by Gasteiger charge is -2.35. The van der Waals surface area contributed by atoms with E-state index < -0.39 is 11.9 Å². The van der Waals surface area contributed by atoms with E-state index in [0.29, 0.717) is 12.8 Å². The summed E-state index contributed by atoms with van der Waals surface area (Å²) in [7, 11) is 0. The molecule has 2 aromatic rings. The number of esters is 2. The van der Waals surface area contributed by atoms with Crippen molar-refractivity contribution >= 4 is 23.9 Å². The summed E-state index contributed by atoms with van der Waals surface area (Å²) >= 11 is 0. The second-order valence-corrected chi connectivity index (χ2v) is 8.82. The third kappa shape index (κ3) is 13.4. The second-order valence-electron chi connectivity index (χ2n) is 8.82. The molecule has 1 saturated heterocycles. The highest BCUT2D eigenvalue weighted by Gasteiger charge is 2.33. The number of aryl methyl sites for hydroxylation is 1. The van der Waals surface area contributed by atoms with Crippen LogP contribution < -0.4 is 0 Å². The van der Waals surface area contributed by atoms with Gasteiger partial charge in [0, 0.05) is 40.5 Å². The fraction of sp³-hybridized carbons (Fsp3) is 0.429. The lowest BCUT2D eigenvalue weighted by atomic mass is 9.92. The predicted octanol–water partition coefficient (Wildman–Crippen LogP) is 4.19. The van der Waals surface area contributed by atoms with Crippen LogP contribution in [0.3, 0.4) is 0 Å². The molecule has 1 heterocycles. The molecular formula is C28H36O10. The summed E-state index contributed by atoms with van der Waals surface area (Å²) in [5.74, 6) is -2.12. The number of rotatable bonds is 6. The molecule has 0 aromatic heterocycles. The van der Waals surface area contributed by atoms with E-state index in [1.807, 2.05) is 18.2 Å². The molecule has 3 rings (SSSR count). The van der Waals surface area contributed by atoms with Crippen LogP contribution in [0.1, 0.15) is 68.9 Å². The topological polar surface area (TPSA) is 157 Å². The average molecular weight is 533 g/mol. The summed E-state index contributed by atoms with van der Waals surface area (Å²) < 4.78 is 16.8. The molecule has 0 bridgehead atoms. The molecule has 0 amide bonds. The molecule has 2 aromatic carbocycles. The number of ether oxygens (including phenoxy) is 3. The van der Waals surface area contributed by atoms with Crippen molar-refractivity contribution in [3.05, 3.63) is 64.7 Å². The molecule has 10 nitrogen and oxygen atoms in total. The molecule has 0 radical (unpaired) electrons. The van der Waals surface area contributed by atoms with Crippen molar-refractivity contribution in [2.75, 3.05) is 6.61 Å². The molecule has 0 unspecified atom stereocenters. The molecule has 1 fully saturated rings. The lowest BCUT2D eigenvalue weighted by Crippen LogP contribution is -2.36. The summed E-state index contributed by atoms with van der Waals surface area (Å²) in [6, 6.07) is 13.4. The van der Waals surface area contributed by atoms with Gasteiger partial charge in [-0.3, -0.25) is 19.2 Å². The molecule has 208 valence electrons. The van der Waals surface area contributed by atoms with E-state index in [4.69, 9.17) is 34.0 Å². The fourth-order valence-electron chi connectivity index (χ4n) is 3.75. The first-order chi connectivity index (χ1) is 17.8. The number of carboxylic acids is 2. The SMILES string of the molecule is CC(=O)O.CC(=O)O.CC(=O)OC[C@@H]1C[C@H](OC(C)=O)C[C@H](c2ccc(C)c(Cc3ccc(O)cc3)c2)O1. The van der Waals surface area contributed by atoms with Gasteiger partial charge >= 0.3 is 11.9 Å². The van der Waals surface area contributed by atoms with Crippen LogP contribution in [0.25, 0.3) is 0 Å². The van der Waals surface area contributed by atoms with Crippen molar-refractivity contribution in [1.29, 1.82) is 0 Å². The first kappa shape index (κ1) is 32.1. The Labute approximate surface area is 222 Å². The highest BCUT2D eigenvalue weighted by atomic mass is 16.6. The van der Waals surface area contributed by atoms with Crippen LogP contribution in [0.4, 0.5) is 0 Å². The van der Waals surface area contributed by atoms with Gasteiger partial charge in [-0.05, 0) is 47.7 Å². The van der Waals surface area contributed by atoms with Gasteiger partial charge in [-0.1, -0.05) is 30.3 Å². The average Bonchev–Trinajstić information content (AvgIpc) is 2.79. The molecule has 1 aliphatic heterocycles. The summed E-state index contributed by atoms with van der Waals surface area (Å²) in [4.78, 5) is 40.7. The number of aliphatic carboxylic acids is 2.